The van der Waals surface area contributed by atoms with Crippen LogP contribution in [0.1, 0.15) is 47.7 Å². The van der Waals surface area contributed by atoms with Crippen molar-refractivity contribution in [1.82, 2.24) is 21.3 Å². The summed E-state index contributed by atoms with van der Waals surface area (Å²) in [5.74, 6) is -5.78. The number of hydrogen-bond acceptors (Lipinski definition) is 11. The Kier molecular flexibility index (Phi) is 14.1. The van der Waals surface area contributed by atoms with Gasteiger partial charge in [0.25, 0.3) is 0 Å². The zero-order valence-electron chi connectivity index (χ0n) is 27.1. The van der Waals surface area contributed by atoms with Crippen LogP contribution in [0, 0.1) is 0 Å². The number of guanidine groups is 1. The maximum atomic E-state index is 13.7. The molecule has 18 heteroatoms. The number of nitrogens with zero attached hydrogens (tertiary/aromatic N) is 1. The zero-order chi connectivity index (χ0) is 37.7. The predicted molar refractivity (Wildman–Crippen MR) is 182 cm³/mol. The van der Waals surface area contributed by atoms with Gasteiger partial charge in [-0.15, -0.1) is 0 Å². The topological polar surface area (TPSA) is 325 Å². The van der Waals surface area contributed by atoms with E-state index in [1.807, 2.05) is 0 Å². The van der Waals surface area contributed by atoms with Crippen LogP contribution in [-0.4, -0.2) is 86.3 Å². The number of hydrogen-bond donors (Lipinski definition) is 12. The summed E-state index contributed by atoms with van der Waals surface area (Å²) in [6.07, 6.45) is 0.162. The summed E-state index contributed by atoms with van der Waals surface area (Å²) in [6, 6.07) is 8.11. The fourth-order valence-electron chi connectivity index (χ4n) is 4.72. The van der Waals surface area contributed by atoms with Crippen molar-refractivity contribution in [3.63, 3.8) is 0 Å². The van der Waals surface area contributed by atoms with E-state index < -0.39 is 66.4 Å². The second-order valence-electron chi connectivity index (χ2n) is 11.2. The van der Waals surface area contributed by atoms with Crippen LogP contribution in [0.5, 0.6) is 17.2 Å². The SMILES string of the molecule is NC(N)=NCCC[C@H](NC(=O)[C@@H](N)c1ccc(O)cc1)C(=O)N[C@@H](C(=O)N[C@@H](CO)C(=O)N[C@@H](C(=O)O)c1ccc(O)cc1)c1ccc(O)cc1. The van der Waals surface area contributed by atoms with E-state index in [9.17, 15) is 49.5 Å². The Morgan fingerprint density at radius 3 is 1.51 bits per heavy atom. The van der Waals surface area contributed by atoms with Crippen molar-refractivity contribution < 1.29 is 49.5 Å². The summed E-state index contributed by atoms with van der Waals surface area (Å²) in [7, 11) is 0. The molecule has 5 atom stereocenters. The van der Waals surface area contributed by atoms with Crippen LogP contribution in [0.4, 0.5) is 0 Å². The second-order valence-corrected chi connectivity index (χ2v) is 11.2. The van der Waals surface area contributed by atoms with Crippen molar-refractivity contribution >= 4 is 35.6 Å². The number of nitrogens with one attached hydrogen (secondary N) is 4. The Labute approximate surface area is 291 Å². The number of benzene rings is 3. The number of rotatable bonds is 17. The third-order valence-corrected chi connectivity index (χ3v) is 7.46. The molecule has 3 rings (SSSR count). The lowest BCUT2D eigenvalue weighted by molar-refractivity contribution is -0.142. The first-order chi connectivity index (χ1) is 24.2. The molecule has 0 fully saturated rings. The predicted octanol–water partition coefficient (Wildman–Crippen LogP) is -1.38. The average molecular weight is 709 g/mol. The number of carbonyl (C=O) groups is 5. The highest BCUT2D eigenvalue weighted by atomic mass is 16.4. The second kappa shape index (κ2) is 18.4. The first-order valence-electron chi connectivity index (χ1n) is 15.4. The summed E-state index contributed by atoms with van der Waals surface area (Å²) in [5.41, 5.74) is 17.4. The van der Waals surface area contributed by atoms with Gasteiger partial charge in [0.05, 0.1) is 6.61 Å². The standard InChI is InChI=1S/C33H40N8O10/c34-25(17-3-9-20(43)10-4-17)30(48)38-23(2-1-15-37-33(35)36)28(46)40-26(18-5-11-21(44)12-6-18)31(49)39-24(16-42)29(47)41-27(32(50)51)19-7-13-22(45)14-8-19/h3-14,23-27,42-45H,1-2,15-16,34H2,(H,38,48)(H,39,49)(H,40,46)(H,41,47)(H,50,51)(H4,35,36,37)/t23-,24-,25-,26+,27+/m0/s1. The molecule has 0 saturated carbocycles. The van der Waals surface area contributed by atoms with Crippen molar-refractivity contribution in [2.24, 2.45) is 22.2 Å². The third-order valence-electron chi connectivity index (χ3n) is 7.46. The van der Waals surface area contributed by atoms with Crippen molar-refractivity contribution in [2.45, 2.75) is 43.1 Å². The molecule has 0 spiro atoms. The van der Waals surface area contributed by atoms with Crippen LogP contribution in [0.2, 0.25) is 0 Å². The molecule has 0 aliphatic rings. The minimum atomic E-state index is -1.70. The Morgan fingerprint density at radius 2 is 1.04 bits per heavy atom. The van der Waals surface area contributed by atoms with Crippen molar-refractivity contribution in [3.8, 4) is 17.2 Å². The van der Waals surface area contributed by atoms with Crippen molar-refractivity contribution in [2.75, 3.05) is 13.2 Å². The van der Waals surface area contributed by atoms with Crippen LogP contribution in [-0.2, 0) is 24.0 Å². The number of carboxylic acids is 1. The fraction of sp³-hybridized carbons (Fsp3) is 0.273. The lowest BCUT2D eigenvalue weighted by Crippen LogP contribution is -2.55. The van der Waals surface area contributed by atoms with E-state index in [0.717, 1.165) is 0 Å². The van der Waals surface area contributed by atoms with Crippen LogP contribution in [0.3, 0.4) is 0 Å². The van der Waals surface area contributed by atoms with Crippen LogP contribution in [0.15, 0.2) is 77.8 Å². The van der Waals surface area contributed by atoms with E-state index in [-0.39, 0.29) is 53.7 Å². The van der Waals surface area contributed by atoms with Gasteiger partial charge >= 0.3 is 5.97 Å². The number of aliphatic imine (C=N–C) groups is 1. The molecule has 4 amide bonds. The number of aliphatic hydroxyl groups is 1. The molecular formula is C33H40N8O10. The summed E-state index contributed by atoms with van der Waals surface area (Å²) in [5, 5.41) is 58.2. The zero-order valence-corrected chi connectivity index (χ0v) is 27.1. The number of carboxylic acid groups (broad SMARTS) is 1. The number of aliphatic hydroxyl groups excluding tert-OH is 1. The number of amides is 4. The first-order valence-corrected chi connectivity index (χ1v) is 15.4. The van der Waals surface area contributed by atoms with Crippen LogP contribution in [0.25, 0.3) is 0 Å². The monoisotopic (exact) mass is 708 g/mol. The first kappa shape index (κ1) is 39.0. The molecule has 0 unspecified atom stereocenters. The summed E-state index contributed by atoms with van der Waals surface area (Å²) in [4.78, 5) is 69.4. The van der Waals surface area contributed by atoms with Crippen molar-refractivity contribution in [3.05, 3.63) is 89.5 Å². The number of aliphatic carboxylic acids is 1. The molecule has 3 aromatic rings. The molecule has 0 aliphatic carbocycles. The van der Waals surface area contributed by atoms with Gasteiger partial charge in [-0.25, -0.2) is 4.79 Å². The molecule has 0 saturated heterocycles. The molecule has 0 heterocycles. The Balaban J connectivity index is 1.85. The highest BCUT2D eigenvalue weighted by Crippen LogP contribution is 2.21. The van der Waals surface area contributed by atoms with Crippen LogP contribution < -0.4 is 38.5 Å². The maximum absolute atomic E-state index is 13.7. The maximum Gasteiger partial charge on any atom is 0.330 e. The van der Waals surface area contributed by atoms with E-state index in [4.69, 9.17) is 17.2 Å². The number of nitrogens with two attached hydrogens (primary N) is 3. The van der Waals surface area contributed by atoms with E-state index in [1.165, 1.54) is 72.8 Å². The Morgan fingerprint density at radius 1 is 0.608 bits per heavy atom. The minimum Gasteiger partial charge on any atom is -0.508 e. The quantitative estimate of drug-likeness (QED) is 0.0437. The summed E-state index contributed by atoms with van der Waals surface area (Å²) >= 11 is 0. The Bertz CT molecular complexity index is 1700. The highest BCUT2D eigenvalue weighted by molar-refractivity contribution is 5.96. The fourth-order valence-corrected chi connectivity index (χ4v) is 4.72. The molecule has 0 aromatic heterocycles. The number of carbonyl (C=O) groups excluding carboxylic acids is 4. The Hall–Kier alpha value is -6.40. The molecule has 18 nitrogen and oxygen atoms in total. The average Bonchev–Trinajstić information content (AvgIpc) is 3.10. The van der Waals surface area contributed by atoms with Gasteiger partial charge in [-0.3, -0.25) is 24.2 Å². The van der Waals surface area contributed by atoms with E-state index in [2.05, 4.69) is 26.3 Å². The van der Waals surface area contributed by atoms with Gasteiger partial charge in [-0.05, 0) is 65.9 Å². The summed E-state index contributed by atoms with van der Waals surface area (Å²) < 4.78 is 0. The number of phenols is 3. The lowest BCUT2D eigenvalue weighted by atomic mass is 10.0. The third kappa shape index (κ3) is 11.6. The van der Waals surface area contributed by atoms with Gasteiger partial charge in [0.1, 0.15) is 41.4 Å². The van der Waals surface area contributed by atoms with Crippen molar-refractivity contribution in [1.29, 1.82) is 0 Å². The normalized spacial score (nSPS) is 13.7. The van der Waals surface area contributed by atoms with Gasteiger partial charge in [0.15, 0.2) is 12.0 Å². The molecule has 272 valence electrons. The molecule has 51 heavy (non-hydrogen) atoms. The number of phenolic OH excluding ortho intramolecular Hbond substituents is 3. The van der Waals surface area contributed by atoms with E-state index >= 15 is 0 Å². The highest BCUT2D eigenvalue weighted by Gasteiger charge is 2.33. The molecule has 0 bridgehead atoms. The molecule has 0 aliphatic heterocycles. The smallest absolute Gasteiger partial charge is 0.330 e. The molecular weight excluding hydrogens is 668 g/mol. The van der Waals surface area contributed by atoms with E-state index in [0.29, 0.717) is 5.56 Å². The van der Waals surface area contributed by atoms with Crippen LogP contribution >= 0.6 is 0 Å². The minimum absolute atomic E-state index is 0.0317. The largest absolute Gasteiger partial charge is 0.508 e. The van der Waals surface area contributed by atoms with Gasteiger partial charge < -0.3 is 64.0 Å². The van der Waals surface area contributed by atoms with Gasteiger partial charge in [0, 0.05) is 6.54 Å². The molecule has 15 N–H and O–H groups in total. The number of aromatic hydroxyl groups is 3. The van der Waals surface area contributed by atoms with Gasteiger partial charge in [-0.1, -0.05) is 36.4 Å². The van der Waals surface area contributed by atoms with E-state index in [1.54, 1.807) is 0 Å². The molecule has 3 aromatic carbocycles. The van der Waals surface area contributed by atoms with Gasteiger partial charge in [-0.2, -0.15) is 0 Å². The lowest BCUT2D eigenvalue weighted by Gasteiger charge is -2.26. The molecule has 0 radical (unpaired) electrons. The summed E-state index contributed by atoms with van der Waals surface area (Å²) in [6.45, 7) is -0.892. The van der Waals surface area contributed by atoms with Gasteiger partial charge in [0.2, 0.25) is 23.6 Å².